The largest absolute Gasteiger partial charge is 0.481 e. The molecule has 0 unspecified atom stereocenters. The lowest BCUT2D eigenvalue weighted by Gasteiger charge is -1.97. The van der Waals surface area contributed by atoms with Gasteiger partial charge in [-0.1, -0.05) is 13.8 Å². The van der Waals surface area contributed by atoms with Gasteiger partial charge in [-0.2, -0.15) is 0 Å². The fraction of sp³-hybridized carbons (Fsp3) is 0.583. The molecule has 0 atom stereocenters. The molecule has 0 saturated heterocycles. The van der Waals surface area contributed by atoms with Crippen molar-refractivity contribution in [1.82, 2.24) is 0 Å². The molecule has 0 radical (unpaired) electrons. The van der Waals surface area contributed by atoms with Gasteiger partial charge in [0.25, 0.3) is 0 Å². The summed E-state index contributed by atoms with van der Waals surface area (Å²) in [7, 11) is 0. The number of aliphatic carboxylic acids is 1. The Balaban J connectivity index is 2.71. The summed E-state index contributed by atoms with van der Waals surface area (Å²) in [5.41, 5.74) is 1.15. The lowest BCUT2D eigenvalue weighted by molar-refractivity contribution is -0.137. The molecule has 1 heterocycles. The Hall–Kier alpha value is -1.25. The third kappa shape index (κ3) is 3.42. The minimum Gasteiger partial charge on any atom is -0.481 e. The standard InChI is InChI=1S/C12H18O3/c1-3-5-10-8-9(4-2)11(15-10)6-7-12(13)14/h8H,3-7H2,1-2H3,(H,13,14). The molecule has 0 aromatic carbocycles. The summed E-state index contributed by atoms with van der Waals surface area (Å²) in [6.45, 7) is 4.16. The molecule has 3 nitrogen and oxygen atoms in total. The molecule has 0 fully saturated rings. The number of hydrogen-bond donors (Lipinski definition) is 1. The molecule has 0 spiro atoms. The van der Waals surface area contributed by atoms with Crippen molar-refractivity contribution < 1.29 is 14.3 Å². The Kier molecular flexibility index (Phi) is 4.40. The predicted octanol–water partition coefficient (Wildman–Crippen LogP) is 2.81. The Labute approximate surface area is 90.1 Å². The zero-order chi connectivity index (χ0) is 11.3. The Morgan fingerprint density at radius 3 is 2.67 bits per heavy atom. The van der Waals surface area contributed by atoms with Gasteiger partial charge in [0, 0.05) is 12.8 Å². The second-order valence-corrected chi connectivity index (χ2v) is 3.66. The van der Waals surface area contributed by atoms with Crippen LogP contribution in [0.5, 0.6) is 0 Å². The van der Waals surface area contributed by atoms with E-state index >= 15 is 0 Å². The van der Waals surface area contributed by atoms with Crippen LogP contribution in [0.3, 0.4) is 0 Å². The van der Waals surface area contributed by atoms with E-state index in [4.69, 9.17) is 9.52 Å². The molecule has 0 aliphatic heterocycles. The second-order valence-electron chi connectivity index (χ2n) is 3.66. The maximum atomic E-state index is 10.5. The number of carboxylic acid groups (broad SMARTS) is 1. The van der Waals surface area contributed by atoms with E-state index in [1.54, 1.807) is 0 Å². The van der Waals surface area contributed by atoms with Crippen molar-refractivity contribution in [1.29, 1.82) is 0 Å². The van der Waals surface area contributed by atoms with E-state index in [9.17, 15) is 4.79 Å². The summed E-state index contributed by atoms with van der Waals surface area (Å²) in [6.07, 6.45) is 3.53. The zero-order valence-corrected chi connectivity index (χ0v) is 9.38. The molecule has 0 aliphatic carbocycles. The lowest BCUT2D eigenvalue weighted by atomic mass is 10.1. The highest BCUT2D eigenvalue weighted by atomic mass is 16.4. The first-order chi connectivity index (χ1) is 7.17. The summed E-state index contributed by atoms with van der Waals surface area (Å²) in [4.78, 5) is 10.5. The summed E-state index contributed by atoms with van der Waals surface area (Å²) in [5, 5.41) is 8.61. The molecule has 1 rings (SSSR count). The highest BCUT2D eigenvalue weighted by molar-refractivity contribution is 5.67. The van der Waals surface area contributed by atoms with Crippen molar-refractivity contribution in [3.05, 3.63) is 23.2 Å². The summed E-state index contributed by atoms with van der Waals surface area (Å²) < 4.78 is 5.63. The van der Waals surface area contributed by atoms with Crippen LogP contribution in [0.1, 0.15) is 43.8 Å². The molecule has 1 aromatic rings. The van der Waals surface area contributed by atoms with Crippen molar-refractivity contribution >= 4 is 5.97 Å². The van der Waals surface area contributed by atoms with Crippen molar-refractivity contribution in [2.45, 2.75) is 46.0 Å². The Morgan fingerprint density at radius 1 is 1.40 bits per heavy atom. The third-order valence-electron chi connectivity index (χ3n) is 2.39. The van der Waals surface area contributed by atoms with Crippen LogP contribution in [-0.4, -0.2) is 11.1 Å². The lowest BCUT2D eigenvalue weighted by Crippen LogP contribution is -1.98. The molecule has 0 amide bonds. The molecule has 0 bridgehead atoms. The second kappa shape index (κ2) is 5.59. The van der Waals surface area contributed by atoms with Gasteiger partial charge < -0.3 is 9.52 Å². The van der Waals surface area contributed by atoms with Gasteiger partial charge in [-0.15, -0.1) is 0 Å². The van der Waals surface area contributed by atoms with Gasteiger partial charge in [0.1, 0.15) is 11.5 Å². The number of rotatable bonds is 6. The summed E-state index contributed by atoms with van der Waals surface area (Å²) in [6, 6.07) is 2.06. The molecular formula is C12H18O3. The van der Waals surface area contributed by atoms with E-state index in [0.717, 1.165) is 36.3 Å². The maximum absolute atomic E-state index is 10.5. The van der Waals surface area contributed by atoms with Crippen LogP contribution in [-0.2, 0) is 24.1 Å². The molecule has 0 saturated carbocycles. The monoisotopic (exact) mass is 210 g/mol. The molecule has 1 N–H and O–H groups in total. The van der Waals surface area contributed by atoms with E-state index < -0.39 is 5.97 Å². The van der Waals surface area contributed by atoms with Crippen LogP contribution < -0.4 is 0 Å². The van der Waals surface area contributed by atoms with E-state index in [2.05, 4.69) is 19.9 Å². The van der Waals surface area contributed by atoms with Gasteiger partial charge in [-0.05, 0) is 24.5 Å². The average molecular weight is 210 g/mol. The van der Waals surface area contributed by atoms with Crippen LogP contribution in [0, 0.1) is 0 Å². The van der Waals surface area contributed by atoms with Crippen molar-refractivity contribution in [3.8, 4) is 0 Å². The molecule has 3 heteroatoms. The number of carbonyl (C=O) groups is 1. The van der Waals surface area contributed by atoms with Crippen molar-refractivity contribution in [2.75, 3.05) is 0 Å². The SMILES string of the molecule is CCCc1cc(CC)c(CCC(=O)O)o1. The fourth-order valence-corrected chi connectivity index (χ4v) is 1.63. The maximum Gasteiger partial charge on any atom is 0.303 e. The van der Waals surface area contributed by atoms with Crippen LogP contribution in [0.15, 0.2) is 10.5 Å². The first-order valence-electron chi connectivity index (χ1n) is 5.49. The van der Waals surface area contributed by atoms with Crippen molar-refractivity contribution in [3.63, 3.8) is 0 Å². The van der Waals surface area contributed by atoms with Crippen LogP contribution >= 0.6 is 0 Å². The minimum absolute atomic E-state index is 0.145. The van der Waals surface area contributed by atoms with Gasteiger partial charge in [-0.25, -0.2) is 0 Å². The van der Waals surface area contributed by atoms with E-state index in [0.29, 0.717) is 6.42 Å². The van der Waals surface area contributed by atoms with Crippen molar-refractivity contribution in [2.24, 2.45) is 0 Å². The predicted molar refractivity (Wildman–Crippen MR) is 58.0 cm³/mol. The first kappa shape index (κ1) is 11.8. The van der Waals surface area contributed by atoms with Gasteiger partial charge in [0.15, 0.2) is 0 Å². The van der Waals surface area contributed by atoms with Crippen LogP contribution in [0.4, 0.5) is 0 Å². The smallest absolute Gasteiger partial charge is 0.303 e. The Bertz CT molecular complexity index is 326. The van der Waals surface area contributed by atoms with E-state index in [1.165, 1.54) is 0 Å². The van der Waals surface area contributed by atoms with Gasteiger partial charge in [-0.3, -0.25) is 4.79 Å². The minimum atomic E-state index is -0.773. The van der Waals surface area contributed by atoms with Crippen LogP contribution in [0.2, 0.25) is 0 Å². The highest BCUT2D eigenvalue weighted by Crippen LogP contribution is 2.19. The summed E-state index contributed by atoms with van der Waals surface area (Å²) in [5.74, 6) is 1.06. The first-order valence-corrected chi connectivity index (χ1v) is 5.49. The molecule has 1 aromatic heterocycles. The number of aryl methyl sites for hydroxylation is 3. The highest BCUT2D eigenvalue weighted by Gasteiger charge is 2.10. The number of hydrogen-bond acceptors (Lipinski definition) is 2. The molecular weight excluding hydrogens is 192 g/mol. The zero-order valence-electron chi connectivity index (χ0n) is 9.38. The van der Waals surface area contributed by atoms with Gasteiger partial charge in [0.05, 0.1) is 6.42 Å². The van der Waals surface area contributed by atoms with E-state index in [1.807, 2.05) is 0 Å². The van der Waals surface area contributed by atoms with Crippen LogP contribution in [0.25, 0.3) is 0 Å². The number of carboxylic acids is 1. The number of furan rings is 1. The fourth-order valence-electron chi connectivity index (χ4n) is 1.63. The molecule has 0 aliphatic rings. The normalized spacial score (nSPS) is 10.5. The molecule has 15 heavy (non-hydrogen) atoms. The quantitative estimate of drug-likeness (QED) is 0.785. The van der Waals surface area contributed by atoms with Gasteiger partial charge in [0.2, 0.25) is 0 Å². The molecule has 84 valence electrons. The topological polar surface area (TPSA) is 50.4 Å². The van der Waals surface area contributed by atoms with Gasteiger partial charge >= 0.3 is 5.97 Å². The average Bonchev–Trinajstić information content (AvgIpc) is 2.58. The summed E-state index contributed by atoms with van der Waals surface area (Å²) >= 11 is 0. The Morgan fingerprint density at radius 2 is 2.13 bits per heavy atom. The van der Waals surface area contributed by atoms with E-state index in [-0.39, 0.29) is 6.42 Å². The third-order valence-corrected chi connectivity index (χ3v) is 2.39.